The second-order valence-electron chi connectivity index (χ2n) is 4.16. The van der Waals surface area contributed by atoms with Gasteiger partial charge >= 0.3 is 0 Å². The lowest BCUT2D eigenvalue weighted by atomic mass is 10.0. The van der Waals surface area contributed by atoms with Gasteiger partial charge in [0.2, 0.25) is 5.91 Å². The molecule has 0 heterocycles. The number of Topliss-reactive ketones (excluding diaryl/α,β-unsaturated/α-hetero) is 1. The van der Waals surface area contributed by atoms with E-state index in [0.717, 1.165) is 6.42 Å². The lowest BCUT2D eigenvalue weighted by Gasteiger charge is -2.07. The van der Waals surface area contributed by atoms with Crippen molar-refractivity contribution in [3.63, 3.8) is 0 Å². The van der Waals surface area contributed by atoms with Crippen molar-refractivity contribution in [2.45, 2.75) is 20.3 Å². The Labute approximate surface area is 99.2 Å². The molecule has 0 aromatic carbocycles. The topological polar surface area (TPSA) is 49.4 Å². The first-order valence-electron chi connectivity index (χ1n) is 5.59. The highest BCUT2D eigenvalue weighted by Crippen LogP contribution is 2.00. The van der Waals surface area contributed by atoms with Gasteiger partial charge in [-0.15, -0.1) is 0 Å². The van der Waals surface area contributed by atoms with Gasteiger partial charge in [0.15, 0.2) is 5.78 Å². The molecule has 1 atom stereocenters. The molecule has 4 heteroatoms. The molecule has 0 rings (SSSR count). The van der Waals surface area contributed by atoms with Gasteiger partial charge in [-0.25, -0.2) is 0 Å². The fraction of sp³-hybridized carbons (Fsp3) is 0.667. The first-order valence-corrected chi connectivity index (χ1v) is 5.59. The smallest absolute Gasteiger partial charge is 0.244 e. The minimum atomic E-state index is -0.210. The Hall–Kier alpha value is -1.16. The van der Waals surface area contributed by atoms with E-state index in [0.29, 0.717) is 6.54 Å². The minimum Gasteiger partial charge on any atom is -0.345 e. The number of amides is 1. The zero-order valence-electron chi connectivity index (χ0n) is 10.6. The summed E-state index contributed by atoms with van der Waals surface area (Å²) in [5, 5.41) is 2.58. The summed E-state index contributed by atoms with van der Waals surface area (Å²) in [5.41, 5.74) is 0. The van der Waals surface area contributed by atoms with E-state index in [9.17, 15) is 9.59 Å². The van der Waals surface area contributed by atoms with Crippen molar-refractivity contribution in [3.05, 3.63) is 12.2 Å². The van der Waals surface area contributed by atoms with Crippen molar-refractivity contribution >= 4 is 11.7 Å². The molecule has 16 heavy (non-hydrogen) atoms. The maximum atomic E-state index is 11.4. The Kier molecular flexibility index (Phi) is 7.46. The monoisotopic (exact) mass is 228 g/mol. The van der Waals surface area contributed by atoms with Crippen LogP contribution < -0.4 is 5.32 Å². The zero-order chi connectivity index (χ0) is 12.6. The highest BCUT2D eigenvalue weighted by Gasteiger charge is 2.10. The number of rotatable bonds is 7. The molecule has 1 amide bonds. The molecule has 0 saturated heterocycles. The lowest BCUT2D eigenvalue weighted by molar-refractivity contribution is -0.124. The number of likely N-dealkylation sites (N-methyl/N-ethyl adjacent to an activating group) is 1. The Morgan fingerprint density at radius 2 is 2.06 bits per heavy atom. The molecule has 0 aromatic heterocycles. The fourth-order valence-electron chi connectivity index (χ4n) is 1.01. The molecule has 4 nitrogen and oxygen atoms in total. The number of hydrogen-bond donors (Lipinski definition) is 1. The van der Waals surface area contributed by atoms with Gasteiger partial charge in [-0.2, -0.15) is 0 Å². The average Bonchev–Trinajstić information content (AvgIpc) is 2.24. The van der Waals surface area contributed by atoms with Crippen molar-refractivity contribution in [3.8, 4) is 0 Å². The summed E-state index contributed by atoms with van der Waals surface area (Å²) in [6.45, 7) is 4.67. The largest absolute Gasteiger partial charge is 0.345 e. The van der Waals surface area contributed by atoms with Crippen LogP contribution in [-0.2, 0) is 9.59 Å². The first kappa shape index (κ1) is 14.8. The van der Waals surface area contributed by atoms with E-state index in [4.69, 9.17) is 0 Å². The maximum Gasteiger partial charge on any atom is 0.244 e. The number of ketones is 1. The van der Waals surface area contributed by atoms with Gasteiger partial charge in [0, 0.05) is 20.0 Å². The van der Waals surface area contributed by atoms with Crippen molar-refractivity contribution < 1.29 is 11.0 Å². The van der Waals surface area contributed by atoms with Crippen LogP contribution in [0, 0.1) is 5.92 Å². The quantitative estimate of drug-likeness (QED) is 0.663. The van der Waals surface area contributed by atoms with Gasteiger partial charge in [-0.1, -0.05) is 19.9 Å². The number of nitrogens with zero attached hydrogens (tertiary/aromatic N) is 1. The molecule has 0 bridgehead atoms. The van der Waals surface area contributed by atoms with Gasteiger partial charge in [0.05, 0.1) is 6.54 Å². The fourth-order valence-corrected chi connectivity index (χ4v) is 1.01. The Bertz CT molecular complexity index is 265. The Morgan fingerprint density at radius 3 is 2.56 bits per heavy atom. The van der Waals surface area contributed by atoms with E-state index in [1.807, 2.05) is 32.8 Å². The molecule has 0 aromatic rings. The second-order valence-corrected chi connectivity index (χ2v) is 4.16. The van der Waals surface area contributed by atoms with E-state index in [1.54, 1.807) is 6.08 Å². The normalized spacial score (nSPS) is 13.1. The molecule has 94 valence electrons. The van der Waals surface area contributed by atoms with E-state index in [2.05, 4.69) is 5.32 Å². The van der Waals surface area contributed by atoms with Crippen LogP contribution in [0.25, 0.3) is 0 Å². The summed E-state index contributed by atoms with van der Waals surface area (Å²) < 4.78 is 0. The van der Waals surface area contributed by atoms with Crippen molar-refractivity contribution in [1.82, 2.24) is 10.2 Å². The van der Waals surface area contributed by atoms with Gasteiger partial charge in [0.25, 0.3) is 0 Å². The van der Waals surface area contributed by atoms with Crippen LogP contribution in [0.5, 0.6) is 0 Å². The van der Waals surface area contributed by atoms with Crippen molar-refractivity contribution in [1.29, 1.82) is 0 Å². The molecular weight excluding hydrogens is 204 g/mol. The molecule has 0 aliphatic heterocycles. The van der Waals surface area contributed by atoms with Crippen LogP contribution in [-0.4, -0.2) is 43.8 Å². The number of nitrogens with one attached hydrogen (secondary N) is 1. The molecule has 0 radical (unpaired) electrons. The molecule has 1 unspecified atom stereocenters. The van der Waals surface area contributed by atoms with Crippen LogP contribution in [0.1, 0.15) is 21.7 Å². The van der Waals surface area contributed by atoms with Gasteiger partial charge in [-0.05, 0) is 20.5 Å². The predicted octanol–water partition coefficient (Wildman–Crippen LogP) is 1.08. The van der Waals surface area contributed by atoms with Crippen LogP contribution >= 0.6 is 0 Å². The minimum absolute atomic E-state index is 0. The third-order valence-corrected chi connectivity index (χ3v) is 2.34. The molecular formula is C12H24N2O2. The SMILES string of the molecule is CCC(C)C(=O)CNC(=O)/C=C/CN(C)C.[HH]. The molecule has 0 aliphatic carbocycles. The van der Waals surface area contributed by atoms with E-state index in [-0.39, 0.29) is 25.6 Å². The summed E-state index contributed by atoms with van der Waals surface area (Å²) in [6, 6.07) is 0. The van der Waals surface area contributed by atoms with Crippen LogP contribution in [0.2, 0.25) is 0 Å². The van der Waals surface area contributed by atoms with E-state index >= 15 is 0 Å². The molecule has 1 N–H and O–H groups in total. The van der Waals surface area contributed by atoms with Gasteiger partial charge < -0.3 is 10.2 Å². The molecule has 0 aliphatic rings. The summed E-state index contributed by atoms with van der Waals surface area (Å²) in [6.07, 6.45) is 4.04. The average molecular weight is 228 g/mol. The van der Waals surface area contributed by atoms with Gasteiger partial charge in [0.1, 0.15) is 0 Å². The van der Waals surface area contributed by atoms with Crippen molar-refractivity contribution in [2.24, 2.45) is 5.92 Å². The van der Waals surface area contributed by atoms with E-state index in [1.165, 1.54) is 6.08 Å². The molecule has 0 saturated carbocycles. The third kappa shape index (κ3) is 7.17. The number of carbonyl (C=O) groups is 2. The Morgan fingerprint density at radius 1 is 1.44 bits per heavy atom. The van der Waals surface area contributed by atoms with Crippen LogP contribution in [0.4, 0.5) is 0 Å². The summed E-state index contributed by atoms with van der Waals surface area (Å²) in [4.78, 5) is 24.6. The van der Waals surface area contributed by atoms with Crippen molar-refractivity contribution in [2.75, 3.05) is 27.2 Å². The standard InChI is InChI=1S/C12H22N2O2.H2/c1-5-10(2)11(15)9-13-12(16)7-6-8-14(3)4;/h6-7,10H,5,8-9H2,1-4H3,(H,13,16);1H/b7-6+;. The third-order valence-electron chi connectivity index (χ3n) is 2.34. The summed E-state index contributed by atoms with van der Waals surface area (Å²) >= 11 is 0. The number of carbonyl (C=O) groups excluding carboxylic acids is 2. The maximum absolute atomic E-state index is 11.4. The second kappa shape index (κ2) is 8.05. The highest BCUT2D eigenvalue weighted by atomic mass is 16.2. The Balaban J connectivity index is 0. The van der Waals surface area contributed by atoms with E-state index < -0.39 is 0 Å². The first-order chi connectivity index (χ1) is 7.47. The summed E-state index contributed by atoms with van der Waals surface area (Å²) in [7, 11) is 3.85. The van der Waals surface area contributed by atoms with Crippen LogP contribution in [0.15, 0.2) is 12.2 Å². The molecule has 0 spiro atoms. The summed E-state index contributed by atoms with van der Waals surface area (Å²) in [5.74, 6) is -0.110. The van der Waals surface area contributed by atoms with Gasteiger partial charge in [-0.3, -0.25) is 9.59 Å². The van der Waals surface area contributed by atoms with Crippen LogP contribution in [0.3, 0.4) is 0 Å². The molecule has 0 fully saturated rings. The zero-order valence-corrected chi connectivity index (χ0v) is 10.6. The predicted molar refractivity (Wildman–Crippen MR) is 67.3 cm³/mol. The highest BCUT2D eigenvalue weighted by molar-refractivity contribution is 5.92. The lowest BCUT2D eigenvalue weighted by Crippen LogP contribution is -2.31. The number of hydrogen-bond acceptors (Lipinski definition) is 3.